The van der Waals surface area contributed by atoms with E-state index in [1.165, 1.54) is 38.1 Å². The summed E-state index contributed by atoms with van der Waals surface area (Å²) in [7, 11) is -3.82. The third-order valence-electron chi connectivity index (χ3n) is 2.41. The molecule has 104 valence electrons. The van der Waals surface area contributed by atoms with Gasteiger partial charge < -0.3 is 10.4 Å². The van der Waals surface area contributed by atoms with E-state index in [2.05, 4.69) is 5.32 Å². The largest absolute Gasteiger partial charge is 0.480 e. The minimum absolute atomic E-state index is 0.124. The zero-order chi connectivity index (χ0) is 14.8. The first-order valence-electron chi connectivity index (χ1n) is 5.23. The topological polar surface area (TPSA) is 127 Å². The molecular weight excluding hydrogens is 272 g/mol. The lowest BCUT2D eigenvalue weighted by atomic mass is 10.1. The molecule has 0 spiro atoms. The predicted octanol–water partition coefficient (Wildman–Crippen LogP) is -0.0730. The molecule has 0 aromatic heterocycles. The van der Waals surface area contributed by atoms with Crippen LogP contribution in [0.25, 0.3) is 0 Å². The van der Waals surface area contributed by atoms with E-state index in [9.17, 15) is 18.0 Å². The van der Waals surface area contributed by atoms with Gasteiger partial charge >= 0.3 is 5.97 Å². The monoisotopic (exact) mass is 286 g/mol. The molecule has 1 rings (SSSR count). The van der Waals surface area contributed by atoms with Gasteiger partial charge in [0, 0.05) is 5.56 Å². The zero-order valence-electron chi connectivity index (χ0n) is 10.4. The molecule has 0 saturated carbocycles. The van der Waals surface area contributed by atoms with Crippen LogP contribution < -0.4 is 10.5 Å². The maximum atomic E-state index is 11.8. The third-order valence-corrected chi connectivity index (χ3v) is 3.33. The van der Waals surface area contributed by atoms with Crippen molar-refractivity contribution < 1.29 is 23.1 Å². The number of benzene rings is 1. The highest BCUT2D eigenvalue weighted by Crippen LogP contribution is 2.10. The van der Waals surface area contributed by atoms with Crippen LogP contribution in [-0.4, -0.2) is 30.9 Å². The van der Waals surface area contributed by atoms with E-state index in [-0.39, 0.29) is 10.5 Å². The van der Waals surface area contributed by atoms with Gasteiger partial charge in [-0.05, 0) is 38.1 Å². The van der Waals surface area contributed by atoms with Gasteiger partial charge in [0.25, 0.3) is 5.91 Å². The van der Waals surface area contributed by atoms with Gasteiger partial charge in [0.2, 0.25) is 10.0 Å². The molecule has 0 radical (unpaired) electrons. The van der Waals surface area contributed by atoms with Crippen LogP contribution in [0.4, 0.5) is 0 Å². The van der Waals surface area contributed by atoms with E-state index in [4.69, 9.17) is 10.2 Å². The van der Waals surface area contributed by atoms with Gasteiger partial charge in [0.1, 0.15) is 5.54 Å². The average Bonchev–Trinajstić information content (AvgIpc) is 2.27. The molecule has 0 aliphatic rings. The molecule has 8 heteroatoms. The molecule has 0 heterocycles. The number of rotatable bonds is 4. The quantitative estimate of drug-likeness (QED) is 0.714. The predicted molar refractivity (Wildman–Crippen MR) is 67.0 cm³/mol. The standard InChI is InChI=1S/C11H14N2O5S/c1-11(2,10(15)16)13-9(14)7-3-5-8(6-4-7)19(12,17)18/h3-6H,1-2H3,(H,13,14)(H,15,16)(H2,12,17,18). The van der Waals surface area contributed by atoms with Crippen molar-refractivity contribution in [2.24, 2.45) is 5.14 Å². The second-order valence-corrected chi connectivity index (χ2v) is 6.02. The van der Waals surface area contributed by atoms with Crippen LogP contribution in [0.1, 0.15) is 24.2 Å². The highest BCUT2D eigenvalue weighted by atomic mass is 32.2. The van der Waals surface area contributed by atoms with E-state index in [0.29, 0.717) is 0 Å². The molecule has 0 bridgehead atoms. The Labute approximate surface area is 110 Å². The Bertz CT molecular complexity index is 604. The molecule has 0 unspecified atom stereocenters. The lowest BCUT2D eigenvalue weighted by molar-refractivity contribution is -0.143. The summed E-state index contributed by atoms with van der Waals surface area (Å²) in [5.74, 6) is -1.80. The minimum atomic E-state index is -3.82. The number of aliphatic carboxylic acids is 1. The van der Waals surface area contributed by atoms with Crippen LogP contribution in [0.2, 0.25) is 0 Å². The van der Waals surface area contributed by atoms with Crippen molar-refractivity contribution in [3.63, 3.8) is 0 Å². The van der Waals surface area contributed by atoms with Crippen molar-refractivity contribution in [1.29, 1.82) is 0 Å². The summed E-state index contributed by atoms with van der Waals surface area (Å²) >= 11 is 0. The molecule has 0 aliphatic heterocycles. The van der Waals surface area contributed by atoms with Gasteiger partial charge in [-0.2, -0.15) is 0 Å². The SMILES string of the molecule is CC(C)(NC(=O)c1ccc(S(N)(=O)=O)cc1)C(=O)O. The summed E-state index contributed by atoms with van der Waals surface area (Å²) in [4.78, 5) is 22.5. The van der Waals surface area contributed by atoms with Crippen LogP contribution >= 0.6 is 0 Å². The number of carbonyl (C=O) groups excluding carboxylic acids is 1. The normalized spacial score (nSPS) is 11.9. The van der Waals surface area contributed by atoms with Crippen LogP contribution in [0.5, 0.6) is 0 Å². The summed E-state index contributed by atoms with van der Waals surface area (Å²) < 4.78 is 22.1. The van der Waals surface area contributed by atoms with Gasteiger partial charge in [0.15, 0.2) is 0 Å². The van der Waals surface area contributed by atoms with Gasteiger partial charge in [-0.15, -0.1) is 0 Å². The Morgan fingerprint density at radius 2 is 1.68 bits per heavy atom. The molecule has 1 aromatic carbocycles. The number of nitrogens with one attached hydrogen (secondary N) is 1. The fourth-order valence-electron chi connectivity index (χ4n) is 1.21. The van der Waals surface area contributed by atoms with Crippen molar-refractivity contribution >= 4 is 21.9 Å². The van der Waals surface area contributed by atoms with Crippen LogP contribution in [0, 0.1) is 0 Å². The summed E-state index contributed by atoms with van der Waals surface area (Å²) in [6.45, 7) is 2.68. The number of hydrogen-bond donors (Lipinski definition) is 3. The summed E-state index contributed by atoms with van der Waals surface area (Å²) in [5.41, 5.74) is -1.28. The first-order valence-corrected chi connectivity index (χ1v) is 6.77. The Kier molecular flexibility index (Phi) is 3.97. The second kappa shape index (κ2) is 4.98. The fourth-order valence-corrected chi connectivity index (χ4v) is 1.72. The van der Waals surface area contributed by atoms with E-state index in [0.717, 1.165) is 0 Å². The summed E-state index contributed by atoms with van der Waals surface area (Å²) in [6.07, 6.45) is 0. The Hall–Kier alpha value is -1.93. The first-order chi connectivity index (χ1) is 8.54. The zero-order valence-corrected chi connectivity index (χ0v) is 11.2. The number of hydrogen-bond acceptors (Lipinski definition) is 4. The second-order valence-electron chi connectivity index (χ2n) is 4.45. The molecule has 1 amide bonds. The maximum absolute atomic E-state index is 11.8. The van der Waals surface area contributed by atoms with Crippen molar-refractivity contribution in [1.82, 2.24) is 5.32 Å². The molecular formula is C11H14N2O5S. The molecule has 7 nitrogen and oxygen atoms in total. The number of primary sulfonamides is 1. The summed E-state index contributed by atoms with van der Waals surface area (Å²) in [5, 5.41) is 16.1. The smallest absolute Gasteiger partial charge is 0.328 e. The van der Waals surface area contributed by atoms with E-state index in [1.54, 1.807) is 0 Å². The maximum Gasteiger partial charge on any atom is 0.328 e. The van der Waals surface area contributed by atoms with Crippen molar-refractivity contribution in [2.75, 3.05) is 0 Å². The Morgan fingerprint density at radius 3 is 2.05 bits per heavy atom. The van der Waals surface area contributed by atoms with Gasteiger partial charge in [-0.25, -0.2) is 18.4 Å². The molecule has 4 N–H and O–H groups in total. The van der Waals surface area contributed by atoms with Crippen LogP contribution in [0.3, 0.4) is 0 Å². The van der Waals surface area contributed by atoms with Gasteiger partial charge in [-0.1, -0.05) is 0 Å². The fraction of sp³-hybridized carbons (Fsp3) is 0.273. The highest BCUT2D eigenvalue weighted by Gasteiger charge is 2.29. The van der Waals surface area contributed by atoms with Crippen molar-refractivity contribution in [2.45, 2.75) is 24.3 Å². The molecule has 0 saturated heterocycles. The van der Waals surface area contributed by atoms with E-state index < -0.39 is 27.4 Å². The average molecular weight is 286 g/mol. The van der Waals surface area contributed by atoms with E-state index >= 15 is 0 Å². The number of nitrogens with two attached hydrogens (primary N) is 1. The molecule has 0 fully saturated rings. The number of carbonyl (C=O) groups is 2. The molecule has 0 aliphatic carbocycles. The first kappa shape index (κ1) is 15.1. The van der Waals surface area contributed by atoms with Gasteiger partial charge in [0.05, 0.1) is 4.90 Å². The van der Waals surface area contributed by atoms with Crippen molar-refractivity contribution in [3.8, 4) is 0 Å². The lowest BCUT2D eigenvalue weighted by Gasteiger charge is -2.20. The highest BCUT2D eigenvalue weighted by molar-refractivity contribution is 7.89. The Balaban J connectivity index is 2.94. The summed E-state index contributed by atoms with van der Waals surface area (Å²) in [6, 6.07) is 4.87. The molecule has 1 aromatic rings. The number of carboxylic acid groups (broad SMARTS) is 1. The third kappa shape index (κ3) is 3.76. The number of carboxylic acids is 1. The minimum Gasteiger partial charge on any atom is -0.480 e. The van der Waals surface area contributed by atoms with Crippen LogP contribution in [0.15, 0.2) is 29.2 Å². The van der Waals surface area contributed by atoms with Crippen LogP contribution in [-0.2, 0) is 14.8 Å². The number of amides is 1. The molecule has 19 heavy (non-hydrogen) atoms. The lowest BCUT2D eigenvalue weighted by Crippen LogP contribution is -2.49. The van der Waals surface area contributed by atoms with Crippen molar-refractivity contribution in [3.05, 3.63) is 29.8 Å². The number of sulfonamides is 1. The molecule has 0 atom stereocenters. The Morgan fingerprint density at radius 1 is 1.21 bits per heavy atom. The van der Waals surface area contributed by atoms with Gasteiger partial charge in [-0.3, -0.25) is 4.79 Å². The van der Waals surface area contributed by atoms with E-state index in [1.807, 2.05) is 0 Å².